The molecule has 0 aliphatic heterocycles. The normalized spacial score (nSPS) is 15.7. The predicted octanol–water partition coefficient (Wildman–Crippen LogP) is 2.09. The summed E-state index contributed by atoms with van der Waals surface area (Å²) < 4.78 is 1.64. The van der Waals surface area contributed by atoms with Crippen LogP contribution in [0.25, 0.3) is 5.95 Å². The molecule has 21 heavy (non-hydrogen) atoms. The maximum atomic E-state index is 4.46. The van der Waals surface area contributed by atoms with Gasteiger partial charge < -0.3 is 10.6 Å². The van der Waals surface area contributed by atoms with Gasteiger partial charge >= 0.3 is 0 Å². The molecule has 112 valence electrons. The third-order valence-corrected chi connectivity index (χ3v) is 3.55. The minimum Gasteiger partial charge on any atom is -0.354 e. The Kier molecular flexibility index (Phi) is 3.98. The maximum absolute atomic E-state index is 4.46. The van der Waals surface area contributed by atoms with Crippen molar-refractivity contribution in [3.63, 3.8) is 0 Å². The highest BCUT2D eigenvalue weighted by Gasteiger charge is 2.28. The van der Waals surface area contributed by atoms with Crippen LogP contribution in [0.3, 0.4) is 0 Å². The molecule has 2 aromatic rings. The number of nitrogens with zero attached hydrogens (tertiary/aromatic N) is 5. The van der Waals surface area contributed by atoms with Crippen LogP contribution >= 0.6 is 0 Å². The molecule has 2 N–H and O–H groups in total. The van der Waals surface area contributed by atoms with E-state index < -0.39 is 0 Å². The van der Waals surface area contributed by atoms with E-state index >= 15 is 0 Å². The summed E-state index contributed by atoms with van der Waals surface area (Å²) in [5.74, 6) is 2.46. The average molecular weight is 287 g/mol. The molecule has 0 aromatic carbocycles. The third kappa shape index (κ3) is 3.48. The second-order valence-corrected chi connectivity index (χ2v) is 5.43. The molecule has 1 atom stereocenters. The Hall–Kier alpha value is -2.18. The van der Waals surface area contributed by atoms with Gasteiger partial charge in [0.1, 0.15) is 0 Å². The van der Waals surface area contributed by atoms with Crippen molar-refractivity contribution < 1.29 is 0 Å². The van der Waals surface area contributed by atoms with Crippen molar-refractivity contribution in [3.05, 3.63) is 18.5 Å². The van der Waals surface area contributed by atoms with Gasteiger partial charge in [0.25, 0.3) is 5.95 Å². The molecule has 1 saturated carbocycles. The highest BCUT2D eigenvalue weighted by molar-refractivity contribution is 5.38. The summed E-state index contributed by atoms with van der Waals surface area (Å²) in [6, 6.07) is 2.24. The van der Waals surface area contributed by atoms with Crippen molar-refractivity contribution >= 4 is 11.9 Å². The summed E-state index contributed by atoms with van der Waals surface area (Å²) in [4.78, 5) is 13.3. The van der Waals surface area contributed by atoms with E-state index in [1.165, 1.54) is 12.8 Å². The minimum atomic E-state index is 0.386. The lowest BCUT2D eigenvalue weighted by molar-refractivity contribution is 0.682. The van der Waals surface area contributed by atoms with Crippen LogP contribution in [0.1, 0.15) is 33.1 Å². The van der Waals surface area contributed by atoms with Gasteiger partial charge in [-0.2, -0.15) is 20.1 Å². The van der Waals surface area contributed by atoms with E-state index in [9.17, 15) is 0 Å². The van der Waals surface area contributed by atoms with Crippen LogP contribution in [0.2, 0.25) is 0 Å². The first-order valence-corrected chi connectivity index (χ1v) is 7.52. The predicted molar refractivity (Wildman–Crippen MR) is 81.5 cm³/mol. The zero-order chi connectivity index (χ0) is 14.7. The Balaban J connectivity index is 1.84. The van der Waals surface area contributed by atoms with Gasteiger partial charge in [-0.05, 0) is 38.2 Å². The van der Waals surface area contributed by atoms with E-state index in [1.54, 1.807) is 10.9 Å². The number of anilines is 2. The summed E-state index contributed by atoms with van der Waals surface area (Å²) in [5.41, 5.74) is 0. The van der Waals surface area contributed by atoms with Crippen LogP contribution in [0.5, 0.6) is 0 Å². The SMILES string of the molecule is CCCNc1nc(NC(C)C2CC2)nc(-n2cccn2)n1. The molecule has 0 spiro atoms. The van der Waals surface area contributed by atoms with Gasteiger partial charge in [0.15, 0.2) is 0 Å². The Labute approximate surface area is 124 Å². The fourth-order valence-electron chi connectivity index (χ4n) is 2.15. The molecule has 2 heterocycles. The van der Waals surface area contributed by atoms with Gasteiger partial charge in [0, 0.05) is 25.0 Å². The smallest absolute Gasteiger partial charge is 0.257 e. The molecule has 7 heteroatoms. The maximum Gasteiger partial charge on any atom is 0.257 e. The zero-order valence-electron chi connectivity index (χ0n) is 12.5. The van der Waals surface area contributed by atoms with E-state index in [-0.39, 0.29) is 0 Å². The van der Waals surface area contributed by atoms with E-state index in [4.69, 9.17) is 0 Å². The zero-order valence-corrected chi connectivity index (χ0v) is 12.5. The molecule has 1 unspecified atom stereocenters. The lowest BCUT2D eigenvalue weighted by Crippen LogP contribution is -2.21. The Morgan fingerprint density at radius 1 is 1.29 bits per heavy atom. The molecule has 7 nitrogen and oxygen atoms in total. The second kappa shape index (κ2) is 6.07. The van der Waals surface area contributed by atoms with Crippen LogP contribution < -0.4 is 10.6 Å². The van der Waals surface area contributed by atoms with Crippen LogP contribution in [0, 0.1) is 5.92 Å². The van der Waals surface area contributed by atoms with E-state index in [0.29, 0.717) is 23.9 Å². The number of hydrogen-bond donors (Lipinski definition) is 2. The Morgan fingerprint density at radius 2 is 2.10 bits per heavy atom. The standard InChI is InChI=1S/C14H21N7/c1-3-7-15-12-18-13(17-10(2)11-5-6-11)20-14(19-12)21-9-4-8-16-21/h4,8-11H,3,5-7H2,1-2H3,(H2,15,17,18,19,20). The quantitative estimate of drug-likeness (QED) is 0.811. The topological polar surface area (TPSA) is 80.5 Å². The van der Waals surface area contributed by atoms with Crippen LogP contribution in [-0.2, 0) is 0 Å². The first-order valence-electron chi connectivity index (χ1n) is 7.52. The monoisotopic (exact) mass is 287 g/mol. The molecular weight excluding hydrogens is 266 g/mol. The first-order chi connectivity index (χ1) is 10.3. The lowest BCUT2D eigenvalue weighted by atomic mass is 10.2. The fourth-order valence-corrected chi connectivity index (χ4v) is 2.15. The minimum absolute atomic E-state index is 0.386. The summed E-state index contributed by atoms with van der Waals surface area (Å²) in [7, 11) is 0. The van der Waals surface area contributed by atoms with Crippen LogP contribution in [0.15, 0.2) is 18.5 Å². The third-order valence-electron chi connectivity index (χ3n) is 3.55. The van der Waals surface area contributed by atoms with Gasteiger partial charge in [0.05, 0.1) is 0 Å². The van der Waals surface area contributed by atoms with Crippen molar-refractivity contribution in [1.82, 2.24) is 24.7 Å². The highest BCUT2D eigenvalue weighted by Crippen LogP contribution is 2.33. The summed E-state index contributed by atoms with van der Waals surface area (Å²) in [6.45, 7) is 5.12. The van der Waals surface area contributed by atoms with Gasteiger partial charge in [-0.3, -0.25) is 0 Å². The van der Waals surface area contributed by atoms with E-state index in [2.05, 4.69) is 44.5 Å². The molecule has 0 radical (unpaired) electrons. The highest BCUT2D eigenvalue weighted by atomic mass is 15.4. The summed E-state index contributed by atoms with van der Waals surface area (Å²) in [6.07, 6.45) is 7.12. The molecule has 1 aliphatic rings. The van der Waals surface area contributed by atoms with Crippen molar-refractivity contribution in [2.75, 3.05) is 17.2 Å². The first kappa shape index (κ1) is 13.8. The largest absolute Gasteiger partial charge is 0.354 e. The van der Waals surface area contributed by atoms with Gasteiger partial charge in [0.2, 0.25) is 11.9 Å². The van der Waals surface area contributed by atoms with Crippen LogP contribution in [-0.4, -0.2) is 37.3 Å². The second-order valence-electron chi connectivity index (χ2n) is 5.43. The molecule has 1 fully saturated rings. The van der Waals surface area contributed by atoms with E-state index in [1.807, 2.05) is 12.3 Å². The molecular formula is C14H21N7. The molecule has 3 rings (SSSR count). The van der Waals surface area contributed by atoms with Gasteiger partial charge in [-0.1, -0.05) is 6.92 Å². The van der Waals surface area contributed by atoms with E-state index in [0.717, 1.165) is 18.9 Å². The van der Waals surface area contributed by atoms with Gasteiger partial charge in [-0.25, -0.2) is 4.68 Å². The van der Waals surface area contributed by atoms with Crippen molar-refractivity contribution in [1.29, 1.82) is 0 Å². The molecule has 2 aromatic heterocycles. The molecule has 1 aliphatic carbocycles. The average Bonchev–Trinajstić information content (AvgIpc) is 3.20. The van der Waals surface area contributed by atoms with Crippen molar-refractivity contribution in [3.8, 4) is 5.95 Å². The Morgan fingerprint density at radius 3 is 2.76 bits per heavy atom. The van der Waals surface area contributed by atoms with Gasteiger partial charge in [-0.15, -0.1) is 0 Å². The molecule has 0 bridgehead atoms. The number of nitrogens with one attached hydrogen (secondary N) is 2. The lowest BCUT2D eigenvalue weighted by Gasteiger charge is -2.14. The number of aromatic nitrogens is 5. The number of rotatable bonds is 7. The summed E-state index contributed by atoms with van der Waals surface area (Å²) >= 11 is 0. The Bertz CT molecular complexity index is 577. The fraction of sp³-hybridized carbons (Fsp3) is 0.571. The molecule has 0 amide bonds. The van der Waals surface area contributed by atoms with Crippen molar-refractivity contribution in [2.45, 2.75) is 39.2 Å². The summed E-state index contributed by atoms with van der Waals surface area (Å²) in [5, 5.41) is 10.8. The molecule has 0 saturated heterocycles. The van der Waals surface area contributed by atoms with Crippen molar-refractivity contribution in [2.24, 2.45) is 5.92 Å². The number of hydrogen-bond acceptors (Lipinski definition) is 6. The van der Waals surface area contributed by atoms with Crippen LogP contribution in [0.4, 0.5) is 11.9 Å².